The van der Waals surface area contributed by atoms with Crippen LogP contribution in [0.4, 0.5) is 0 Å². The first-order valence-electron chi connectivity index (χ1n) is 9.14. The fourth-order valence-electron chi connectivity index (χ4n) is 2.76. The standard InChI is InChI=1S/C22H26N2O2S/c1-15(2)26-20-11-10-17(12-21(20)25-4)13-23-16(3)22-24-19(14-27-22)18-8-6-5-7-9-18/h5-12,14-16,23H,13H2,1-4H3. The SMILES string of the molecule is COc1cc(CNC(C)c2nc(-c3ccccc3)cs2)ccc1OC(C)C. The van der Waals surface area contributed by atoms with Gasteiger partial charge in [-0.05, 0) is 38.5 Å². The van der Waals surface area contributed by atoms with Gasteiger partial charge >= 0.3 is 0 Å². The van der Waals surface area contributed by atoms with Crippen LogP contribution in [0, 0.1) is 0 Å². The number of rotatable bonds is 8. The summed E-state index contributed by atoms with van der Waals surface area (Å²) in [6.45, 7) is 6.89. The molecular formula is C22H26N2O2S. The lowest BCUT2D eigenvalue weighted by Crippen LogP contribution is -2.18. The van der Waals surface area contributed by atoms with Gasteiger partial charge in [0.1, 0.15) is 5.01 Å². The Morgan fingerprint density at radius 2 is 1.81 bits per heavy atom. The Morgan fingerprint density at radius 1 is 1.04 bits per heavy atom. The highest BCUT2D eigenvalue weighted by Crippen LogP contribution is 2.30. The van der Waals surface area contributed by atoms with Gasteiger partial charge in [0.15, 0.2) is 11.5 Å². The molecule has 1 unspecified atom stereocenters. The Balaban J connectivity index is 1.64. The number of hydrogen-bond donors (Lipinski definition) is 1. The molecule has 142 valence electrons. The van der Waals surface area contributed by atoms with Crippen LogP contribution in [0.25, 0.3) is 11.3 Å². The molecule has 0 amide bonds. The molecule has 0 radical (unpaired) electrons. The lowest BCUT2D eigenvalue weighted by Gasteiger charge is -2.16. The van der Waals surface area contributed by atoms with E-state index in [4.69, 9.17) is 14.5 Å². The molecule has 0 saturated carbocycles. The summed E-state index contributed by atoms with van der Waals surface area (Å²) in [4.78, 5) is 4.78. The highest BCUT2D eigenvalue weighted by molar-refractivity contribution is 7.10. The minimum absolute atomic E-state index is 0.117. The molecule has 3 aromatic rings. The number of nitrogens with one attached hydrogen (secondary N) is 1. The average Bonchev–Trinajstić information content (AvgIpc) is 3.17. The first-order chi connectivity index (χ1) is 13.1. The molecule has 27 heavy (non-hydrogen) atoms. The molecule has 1 atom stereocenters. The second-order valence-electron chi connectivity index (χ2n) is 6.69. The number of nitrogens with zero attached hydrogens (tertiary/aromatic N) is 1. The molecule has 0 bridgehead atoms. The molecule has 4 nitrogen and oxygen atoms in total. The van der Waals surface area contributed by atoms with Crippen LogP contribution < -0.4 is 14.8 Å². The van der Waals surface area contributed by atoms with Gasteiger partial charge in [-0.25, -0.2) is 4.98 Å². The van der Waals surface area contributed by atoms with Crippen LogP contribution in [0.1, 0.15) is 37.4 Å². The largest absolute Gasteiger partial charge is 0.493 e. The van der Waals surface area contributed by atoms with Gasteiger partial charge in [0.2, 0.25) is 0 Å². The molecule has 2 aromatic carbocycles. The molecular weight excluding hydrogens is 356 g/mol. The van der Waals surface area contributed by atoms with Crippen LogP contribution in [-0.4, -0.2) is 18.2 Å². The van der Waals surface area contributed by atoms with Gasteiger partial charge in [-0.3, -0.25) is 0 Å². The van der Waals surface area contributed by atoms with Crippen molar-refractivity contribution in [2.24, 2.45) is 0 Å². The van der Waals surface area contributed by atoms with Crippen LogP contribution in [0.2, 0.25) is 0 Å². The third kappa shape index (κ3) is 5.08. The van der Waals surface area contributed by atoms with Crippen LogP contribution in [0.5, 0.6) is 11.5 Å². The van der Waals surface area contributed by atoms with Crippen molar-refractivity contribution < 1.29 is 9.47 Å². The molecule has 0 aliphatic carbocycles. The third-order valence-electron chi connectivity index (χ3n) is 4.17. The zero-order valence-electron chi connectivity index (χ0n) is 16.2. The summed E-state index contributed by atoms with van der Waals surface area (Å²) in [5, 5.41) is 6.74. The van der Waals surface area contributed by atoms with Crippen molar-refractivity contribution in [3.05, 3.63) is 64.5 Å². The van der Waals surface area contributed by atoms with Crippen molar-refractivity contribution >= 4 is 11.3 Å². The fraction of sp³-hybridized carbons (Fsp3) is 0.318. The highest BCUT2D eigenvalue weighted by atomic mass is 32.1. The second-order valence-corrected chi connectivity index (χ2v) is 7.58. The van der Waals surface area contributed by atoms with E-state index in [0.717, 1.165) is 39.9 Å². The maximum absolute atomic E-state index is 5.78. The topological polar surface area (TPSA) is 43.4 Å². The van der Waals surface area contributed by atoms with Crippen LogP contribution in [0.15, 0.2) is 53.9 Å². The number of aromatic nitrogens is 1. The van der Waals surface area contributed by atoms with Gasteiger partial charge in [0.25, 0.3) is 0 Å². The van der Waals surface area contributed by atoms with E-state index in [1.807, 2.05) is 44.2 Å². The predicted octanol–water partition coefficient (Wildman–Crippen LogP) is 5.46. The van der Waals surface area contributed by atoms with Crippen molar-refractivity contribution in [1.82, 2.24) is 10.3 Å². The third-order valence-corrected chi connectivity index (χ3v) is 5.19. The van der Waals surface area contributed by atoms with Crippen LogP contribution in [0.3, 0.4) is 0 Å². The molecule has 1 heterocycles. The molecule has 3 rings (SSSR count). The van der Waals surface area contributed by atoms with E-state index in [-0.39, 0.29) is 12.1 Å². The van der Waals surface area contributed by atoms with Crippen molar-refractivity contribution in [3.63, 3.8) is 0 Å². The monoisotopic (exact) mass is 382 g/mol. The molecule has 0 fully saturated rings. The van der Waals surface area contributed by atoms with Crippen molar-refractivity contribution in [2.75, 3.05) is 7.11 Å². The Labute approximate surface area is 165 Å². The Hall–Kier alpha value is -2.37. The number of hydrogen-bond acceptors (Lipinski definition) is 5. The highest BCUT2D eigenvalue weighted by Gasteiger charge is 2.12. The normalized spacial score (nSPS) is 12.2. The smallest absolute Gasteiger partial charge is 0.161 e. The molecule has 0 aliphatic heterocycles. The fourth-order valence-corrected chi connectivity index (χ4v) is 3.62. The van der Waals surface area contributed by atoms with E-state index >= 15 is 0 Å². The van der Waals surface area contributed by atoms with E-state index in [1.165, 1.54) is 0 Å². The molecule has 1 N–H and O–H groups in total. The van der Waals surface area contributed by atoms with Crippen molar-refractivity contribution in [2.45, 2.75) is 39.5 Å². The summed E-state index contributed by atoms with van der Waals surface area (Å²) in [6, 6.07) is 16.5. The summed E-state index contributed by atoms with van der Waals surface area (Å²) in [5.41, 5.74) is 3.33. The minimum Gasteiger partial charge on any atom is -0.493 e. The van der Waals surface area contributed by atoms with Gasteiger partial charge in [-0.15, -0.1) is 11.3 Å². The summed E-state index contributed by atoms with van der Waals surface area (Å²) < 4.78 is 11.2. The van der Waals surface area contributed by atoms with Crippen LogP contribution >= 0.6 is 11.3 Å². The van der Waals surface area contributed by atoms with Gasteiger partial charge < -0.3 is 14.8 Å². The second kappa shape index (κ2) is 9.02. The zero-order valence-corrected chi connectivity index (χ0v) is 17.0. The lowest BCUT2D eigenvalue weighted by atomic mass is 10.2. The summed E-state index contributed by atoms with van der Waals surface area (Å²) in [5.74, 6) is 1.54. The predicted molar refractivity (Wildman–Crippen MR) is 112 cm³/mol. The van der Waals surface area contributed by atoms with Crippen molar-refractivity contribution in [3.8, 4) is 22.8 Å². The van der Waals surface area contributed by atoms with Gasteiger partial charge in [0.05, 0.1) is 24.9 Å². The summed E-state index contributed by atoms with van der Waals surface area (Å²) in [6.07, 6.45) is 0.117. The molecule has 0 aliphatic rings. The van der Waals surface area contributed by atoms with E-state index in [1.54, 1.807) is 18.4 Å². The first kappa shape index (κ1) is 19.4. The number of ether oxygens (including phenoxy) is 2. The number of methoxy groups -OCH3 is 1. The summed E-state index contributed by atoms with van der Waals surface area (Å²) in [7, 11) is 1.67. The van der Waals surface area contributed by atoms with Crippen molar-refractivity contribution in [1.29, 1.82) is 0 Å². The minimum atomic E-state index is 0.117. The van der Waals surface area contributed by atoms with E-state index in [0.29, 0.717) is 0 Å². The molecule has 0 spiro atoms. The first-order valence-corrected chi connectivity index (χ1v) is 10.0. The Kier molecular flexibility index (Phi) is 6.48. The number of thiazole rings is 1. The van der Waals surface area contributed by atoms with Crippen LogP contribution in [-0.2, 0) is 6.54 Å². The quantitative estimate of drug-likeness (QED) is 0.562. The Morgan fingerprint density at radius 3 is 2.52 bits per heavy atom. The molecule has 1 aromatic heterocycles. The van der Waals surface area contributed by atoms with Gasteiger partial charge in [-0.1, -0.05) is 36.4 Å². The lowest BCUT2D eigenvalue weighted by molar-refractivity contribution is 0.230. The number of benzene rings is 2. The van der Waals surface area contributed by atoms with E-state index in [2.05, 4.69) is 35.8 Å². The maximum atomic E-state index is 5.78. The average molecular weight is 383 g/mol. The summed E-state index contributed by atoms with van der Waals surface area (Å²) >= 11 is 1.69. The van der Waals surface area contributed by atoms with Gasteiger partial charge in [-0.2, -0.15) is 0 Å². The van der Waals surface area contributed by atoms with E-state index < -0.39 is 0 Å². The van der Waals surface area contributed by atoms with E-state index in [9.17, 15) is 0 Å². The molecule has 5 heteroatoms. The zero-order chi connectivity index (χ0) is 19.2. The maximum Gasteiger partial charge on any atom is 0.161 e. The van der Waals surface area contributed by atoms with Gasteiger partial charge in [0, 0.05) is 17.5 Å². The molecule has 0 saturated heterocycles. The Bertz CT molecular complexity index is 862.